The van der Waals surface area contributed by atoms with Gasteiger partial charge >= 0.3 is 17.9 Å². The minimum atomic E-state index is -1.27. The molecule has 1 aliphatic rings. The van der Waals surface area contributed by atoms with Gasteiger partial charge in [0.25, 0.3) is 6.29 Å². The number of nitrogens with zero attached hydrogens (tertiary/aromatic N) is 1. The summed E-state index contributed by atoms with van der Waals surface area (Å²) in [7, 11) is 0. The van der Waals surface area contributed by atoms with E-state index in [1.807, 2.05) is 0 Å². The Hall–Kier alpha value is -2.16. The monoisotopic (exact) mass is 317 g/mol. The minimum absolute atomic E-state index is 0.0950. The van der Waals surface area contributed by atoms with Crippen molar-refractivity contribution in [1.29, 1.82) is 0 Å². The van der Waals surface area contributed by atoms with Crippen LogP contribution in [0.5, 0.6) is 0 Å². The highest BCUT2D eigenvalue weighted by molar-refractivity contribution is 6.38. The summed E-state index contributed by atoms with van der Waals surface area (Å²) >= 11 is 0. The van der Waals surface area contributed by atoms with Crippen molar-refractivity contribution in [3.63, 3.8) is 0 Å². The van der Waals surface area contributed by atoms with E-state index < -0.39 is 36.4 Å². The maximum absolute atomic E-state index is 11.9. The number of oxime groups is 1. The SMILES string of the molecule is CCOC(=O)C1=NO[C@@H](OCC)[C@H](OC(C)=O)[C@@H]1OC(C)=O. The second-order valence-corrected chi connectivity index (χ2v) is 4.23. The summed E-state index contributed by atoms with van der Waals surface area (Å²) < 4.78 is 20.2. The molecule has 22 heavy (non-hydrogen) atoms. The molecule has 9 nitrogen and oxygen atoms in total. The third kappa shape index (κ3) is 4.69. The molecule has 0 amide bonds. The van der Waals surface area contributed by atoms with Gasteiger partial charge in [0, 0.05) is 20.5 Å². The van der Waals surface area contributed by atoms with Gasteiger partial charge in [-0.25, -0.2) is 4.79 Å². The second kappa shape index (κ2) is 8.32. The maximum atomic E-state index is 11.9. The Morgan fingerprint density at radius 3 is 2.23 bits per heavy atom. The molecule has 3 atom stereocenters. The number of ether oxygens (including phenoxy) is 4. The zero-order valence-corrected chi connectivity index (χ0v) is 12.9. The van der Waals surface area contributed by atoms with Crippen LogP contribution in [0.2, 0.25) is 0 Å². The van der Waals surface area contributed by atoms with Gasteiger partial charge in [-0.1, -0.05) is 5.16 Å². The van der Waals surface area contributed by atoms with Crippen molar-refractivity contribution in [3.8, 4) is 0 Å². The summed E-state index contributed by atoms with van der Waals surface area (Å²) in [4.78, 5) is 39.4. The molecule has 0 aromatic heterocycles. The van der Waals surface area contributed by atoms with Crippen LogP contribution < -0.4 is 0 Å². The summed E-state index contributed by atoms with van der Waals surface area (Å²) in [5.41, 5.74) is -0.306. The van der Waals surface area contributed by atoms with Crippen LogP contribution >= 0.6 is 0 Å². The Balaban J connectivity index is 3.12. The van der Waals surface area contributed by atoms with Gasteiger partial charge in [-0.3, -0.25) is 9.59 Å². The summed E-state index contributed by atoms with van der Waals surface area (Å²) in [6.07, 6.45) is -3.54. The zero-order valence-electron chi connectivity index (χ0n) is 12.9. The number of carbonyl (C=O) groups is 3. The number of hydrogen-bond acceptors (Lipinski definition) is 9. The van der Waals surface area contributed by atoms with Gasteiger partial charge in [0.15, 0.2) is 6.10 Å². The Labute approximate surface area is 127 Å². The Morgan fingerprint density at radius 2 is 1.73 bits per heavy atom. The highest BCUT2D eigenvalue weighted by Crippen LogP contribution is 2.22. The number of hydrogen-bond donors (Lipinski definition) is 0. The molecule has 0 radical (unpaired) electrons. The summed E-state index contributed by atoms with van der Waals surface area (Å²) in [5.74, 6) is -2.17. The highest BCUT2D eigenvalue weighted by Gasteiger charge is 2.47. The van der Waals surface area contributed by atoms with Crippen molar-refractivity contribution in [2.24, 2.45) is 5.16 Å². The fourth-order valence-electron chi connectivity index (χ4n) is 1.78. The molecule has 0 unspecified atom stereocenters. The van der Waals surface area contributed by atoms with Gasteiger partial charge in [0.05, 0.1) is 6.61 Å². The number of esters is 3. The predicted octanol–water partition coefficient (Wildman–Crippen LogP) is 0.162. The van der Waals surface area contributed by atoms with Crippen molar-refractivity contribution in [2.75, 3.05) is 13.2 Å². The van der Waals surface area contributed by atoms with Crippen LogP contribution in [-0.2, 0) is 38.2 Å². The zero-order chi connectivity index (χ0) is 16.7. The van der Waals surface area contributed by atoms with Crippen molar-refractivity contribution in [3.05, 3.63) is 0 Å². The van der Waals surface area contributed by atoms with E-state index in [0.29, 0.717) is 0 Å². The molecule has 0 bridgehead atoms. The van der Waals surface area contributed by atoms with Crippen molar-refractivity contribution in [1.82, 2.24) is 0 Å². The van der Waals surface area contributed by atoms with E-state index in [1.54, 1.807) is 13.8 Å². The number of carbonyl (C=O) groups excluding carboxylic acids is 3. The van der Waals surface area contributed by atoms with Gasteiger partial charge in [-0.05, 0) is 13.8 Å². The lowest BCUT2D eigenvalue weighted by Crippen LogP contribution is -2.54. The van der Waals surface area contributed by atoms with E-state index in [9.17, 15) is 14.4 Å². The van der Waals surface area contributed by atoms with E-state index in [4.69, 9.17) is 23.8 Å². The lowest BCUT2D eigenvalue weighted by atomic mass is 10.1. The Bertz CT molecular complexity index is 461. The van der Waals surface area contributed by atoms with E-state index in [2.05, 4.69) is 5.16 Å². The third-order valence-electron chi connectivity index (χ3n) is 2.50. The van der Waals surface area contributed by atoms with Crippen LogP contribution in [0.15, 0.2) is 5.16 Å². The predicted molar refractivity (Wildman–Crippen MR) is 71.7 cm³/mol. The first-order valence-electron chi connectivity index (χ1n) is 6.77. The topological polar surface area (TPSA) is 110 Å². The minimum Gasteiger partial charge on any atom is -0.461 e. The van der Waals surface area contributed by atoms with Crippen molar-refractivity contribution in [2.45, 2.75) is 46.2 Å². The Morgan fingerprint density at radius 1 is 1.09 bits per heavy atom. The standard InChI is InChI=1S/C13H19NO8/c1-5-18-12(17)9-10(20-7(3)15)11(21-8(4)16)13(19-6-2)22-14-9/h10-11,13H,5-6H2,1-4H3/t10-,11-,13-/m1/s1. The molecular formula is C13H19NO8. The first kappa shape index (κ1) is 17.9. The molecule has 0 N–H and O–H groups in total. The average Bonchev–Trinajstić information content (AvgIpc) is 2.41. The average molecular weight is 317 g/mol. The van der Waals surface area contributed by atoms with Gasteiger partial charge in [0.2, 0.25) is 11.8 Å². The van der Waals surface area contributed by atoms with E-state index >= 15 is 0 Å². The number of rotatable bonds is 6. The van der Waals surface area contributed by atoms with E-state index in [0.717, 1.165) is 6.92 Å². The lowest BCUT2D eigenvalue weighted by molar-refractivity contribution is -0.232. The van der Waals surface area contributed by atoms with Gasteiger partial charge in [0.1, 0.15) is 0 Å². The molecule has 0 aromatic rings. The fourth-order valence-corrected chi connectivity index (χ4v) is 1.78. The maximum Gasteiger partial charge on any atom is 0.360 e. The van der Waals surface area contributed by atoms with Crippen LogP contribution in [0.1, 0.15) is 27.7 Å². The van der Waals surface area contributed by atoms with Crippen LogP contribution in [0, 0.1) is 0 Å². The second-order valence-electron chi connectivity index (χ2n) is 4.23. The molecule has 0 aromatic carbocycles. The fraction of sp³-hybridized carbons (Fsp3) is 0.692. The molecule has 0 saturated heterocycles. The molecular weight excluding hydrogens is 298 g/mol. The lowest BCUT2D eigenvalue weighted by Gasteiger charge is -2.33. The van der Waals surface area contributed by atoms with Gasteiger partial charge in [-0.15, -0.1) is 0 Å². The molecule has 0 spiro atoms. The van der Waals surface area contributed by atoms with Crippen molar-refractivity contribution >= 4 is 23.6 Å². The largest absolute Gasteiger partial charge is 0.461 e. The molecule has 1 rings (SSSR count). The molecule has 124 valence electrons. The smallest absolute Gasteiger partial charge is 0.360 e. The normalized spacial score (nSPS) is 23.8. The molecule has 9 heteroatoms. The molecule has 0 fully saturated rings. The molecule has 0 aliphatic carbocycles. The van der Waals surface area contributed by atoms with E-state index in [1.165, 1.54) is 6.92 Å². The van der Waals surface area contributed by atoms with Crippen LogP contribution in [0.4, 0.5) is 0 Å². The van der Waals surface area contributed by atoms with Gasteiger partial charge < -0.3 is 23.8 Å². The molecule has 0 saturated carbocycles. The van der Waals surface area contributed by atoms with Crippen LogP contribution in [0.25, 0.3) is 0 Å². The summed E-state index contributed by atoms with van der Waals surface area (Å²) in [5, 5.41) is 3.59. The van der Waals surface area contributed by atoms with Crippen LogP contribution in [0.3, 0.4) is 0 Å². The molecule has 1 heterocycles. The summed E-state index contributed by atoms with van der Waals surface area (Å²) in [6.45, 7) is 5.95. The first-order chi connectivity index (χ1) is 10.4. The van der Waals surface area contributed by atoms with E-state index in [-0.39, 0.29) is 18.9 Å². The van der Waals surface area contributed by atoms with Crippen molar-refractivity contribution < 1.29 is 38.2 Å². The Kier molecular flexibility index (Phi) is 6.77. The molecule has 1 aliphatic heterocycles. The summed E-state index contributed by atoms with van der Waals surface area (Å²) in [6, 6.07) is 0. The van der Waals surface area contributed by atoms with Crippen LogP contribution in [-0.4, -0.2) is 55.3 Å². The third-order valence-corrected chi connectivity index (χ3v) is 2.50. The quantitative estimate of drug-likeness (QED) is 0.503. The first-order valence-corrected chi connectivity index (χ1v) is 6.77. The van der Waals surface area contributed by atoms with Gasteiger partial charge in [-0.2, -0.15) is 0 Å². The highest BCUT2D eigenvalue weighted by atomic mass is 16.8.